The standard InChI is InChI=1S/C22H14Br2N2O3/c1-13(27)29-21-19(23)9-14(10-20(21)24)8-17(12-25)22(28)26-18-7-6-15-4-2-3-5-16(15)11-18/h2-11H,1H3,(H,26,28)/b17-8+. The highest BCUT2D eigenvalue weighted by molar-refractivity contribution is 9.11. The van der Waals surface area contributed by atoms with Crippen molar-refractivity contribution in [2.24, 2.45) is 0 Å². The number of nitrogens with one attached hydrogen (secondary N) is 1. The zero-order chi connectivity index (χ0) is 21.0. The molecule has 0 bridgehead atoms. The largest absolute Gasteiger partial charge is 0.424 e. The summed E-state index contributed by atoms with van der Waals surface area (Å²) in [5.41, 5.74) is 1.13. The molecule has 0 unspecified atom stereocenters. The van der Waals surface area contributed by atoms with Crippen LogP contribution in [0.25, 0.3) is 16.8 Å². The first-order chi connectivity index (χ1) is 13.9. The van der Waals surface area contributed by atoms with Gasteiger partial charge >= 0.3 is 5.97 Å². The Labute approximate surface area is 184 Å². The van der Waals surface area contributed by atoms with Crippen molar-refractivity contribution < 1.29 is 14.3 Å². The van der Waals surface area contributed by atoms with Crippen LogP contribution in [-0.2, 0) is 9.59 Å². The Morgan fingerprint density at radius 3 is 2.31 bits per heavy atom. The number of nitriles is 1. The summed E-state index contributed by atoms with van der Waals surface area (Å²) in [5.74, 6) is -0.643. The van der Waals surface area contributed by atoms with Gasteiger partial charge in [0.2, 0.25) is 0 Å². The molecule has 3 aromatic carbocycles. The molecule has 3 rings (SSSR count). The molecular formula is C22H14Br2N2O3. The van der Waals surface area contributed by atoms with Gasteiger partial charge in [-0.05, 0) is 78.5 Å². The second-order valence-corrected chi connectivity index (χ2v) is 7.80. The molecule has 0 aromatic heterocycles. The maximum atomic E-state index is 12.6. The minimum atomic E-state index is -0.515. The van der Waals surface area contributed by atoms with Gasteiger partial charge in [0.15, 0.2) is 5.75 Å². The van der Waals surface area contributed by atoms with E-state index >= 15 is 0 Å². The Bertz CT molecular complexity index is 1170. The monoisotopic (exact) mass is 512 g/mol. The van der Waals surface area contributed by atoms with E-state index in [0.29, 0.717) is 25.9 Å². The maximum absolute atomic E-state index is 12.6. The highest BCUT2D eigenvalue weighted by Crippen LogP contribution is 2.35. The minimum absolute atomic E-state index is 0.0582. The van der Waals surface area contributed by atoms with E-state index in [9.17, 15) is 14.9 Å². The fourth-order valence-corrected chi connectivity index (χ4v) is 4.07. The molecule has 0 aliphatic carbocycles. The first-order valence-corrected chi connectivity index (χ1v) is 10.1. The molecule has 7 heteroatoms. The fourth-order valence-electron chi connectivity index (χ4n) is 2.68. The van der Waals surface area contributed by atoms with E-state index in [1.54, 1.807) is 18.2 Å². The first kappa shape index (κ1) is 20.8. The number of carbonyl (C=O) groups excluding carboxylic acids is 2. The van der Waals surface area contributed by atoms with Crippen LogP contribution in [0.3, 0.4) is 0 Å². The Kier molecular flexibility index (Phi) is 6.47. The second-order valence-electron chi connectivity index (χ2n) is 6.09. The number of halogens is 2. The summed E-state index contributed by atoms with van der Waals surface area (Å²) in [4.78, 5) is 23.8. The van der Waals surface area contributed by atoms with Crippen LogP contribution in [0, 0.1) is 11.3 Å². The number of ether oxygens (including phenoxy) is 1. The lowest BCUT2D eigenvalue weighted by atomic mass is 10.1. The lowest BCUT2D eigenvalue weighted by Gasteiger charge is -2.09. The molecule has 0 aliphatic heterocycles. The van der Waals surface area contributed by atoms with Gasteiger partial charge in [0.25, 0.3) is 5.91 Å². The van der Waals surface area contributed by atoms with E-state index < -0.39 is 11.9 Å². The van der Waals surface area contributed by atoms with Gasteiger partial charge in [-0.2, -0.15) is 5.26 Å². The van der Waals surface area contributed by atoms with Crippen molar-refractivity contribution in [1.29, 1.82) is 5.26 Å². The molecule has 0 atom stereocenters. The number of esters is 1. The predicted molar refractivity (Wildman–Crippen MR) is 119 cm³/mol. The van der Waals surface area contributed by atoms with E-state index in [4.69, 9.17) is 4.74 Å². The third kappa shape index (κ3) is 5.11. The lowest BCUT2D eigenvalue weighted by Crippen LogP contribution is -2.13. The van der Waals surface area contributed by atoms with Crippen LogP contribution in [0.4, 0.5) is 5.69 Å². The van der Waals surface area contributed by atoms with E-state index in [1.807, 2.05) is 42.5 Å². The number of amides is 1. The smallest absolute Gasteiger partial charge is 0.308 e. The molecule has 0 aliphatic rings. The third-order valence-corrected chi connectivity index (χ3v) is 5.13. The van der Waals surface area contributed by atoms with E-state index in [1.165, 1.54) is 13.0 Å². The zero-order valence-electron chi connectivity index (χ0n) is 15.2. The van der Waals surface area contributed by atoms with E-state index in [-0.39, 0.29) is 5.57 Å². The van der Waals surface area contributed by atoms with Crippen LogP contribution in [0.2, 0.25) is 0 Å². The molecule has 0 spiro atoms. The van der Waals surface area contributed by atoms with Gasteiger partial charge in [0.1, 0.15) is 11.6 Å². The van der Waals surface area contributed by atoms with Gasteiger partial charge in [0.05, 0.1) is 8.95 Å². The maximum Gasteiger partial charge on any atom is 0.308 e. The summed E-state index contributed by atoms with van der Waals surface area (Å²) in [6.07, 6.45) is 1.46. The van der Waals surface area contributed by atoms with Gasteiger partial charge in [-0.1, -0.05) is 30.3 Å². The van der Waals surface area contributed by atoms with Crippen LogP contribution >= 0.6 is 31.9 Å². The summed E-state index contributed by atoms with van der Waals surface area (Å²) >= 11 is 6.66. The number of rotatable bonds is 4. The molecule has 0 fully saturated rings. The van der Waals surface area contributed by atoms with Crippen molar-refractivity contribution >= 4 is 66.3 Å². The molecule has 0 saturated heterocycles. The topological polar surface area (TPSA) is 79.2 Å². The third-order valence-electron chi connectivity index (χ3n) is 3.95. The lowest BCUT2D eigenvalue weighted by molar-refractivity contribution is -0.132. The molecule has 0 saturated carbocycles. The van der Waals surface area contributed by atoms with Crippen LogP contribution < -0.4 is 10.1 Å². The van der Waals surface area contributed by atoms with Gasteiger partial charge in [0, 0.05) is 12.6 Å². The SMILES string of the molecule is CC(=O)Oc1c(Br)cc(/C=C(\C#N)C(=O)Nc2ccc3ccccc3c2)cc1Br. The predicted octanol–water partition coefficient (Wildman–Crippen LogP) is 5.84. The Morgan fingerprint density at radius 2 is 1.69 bits per heavy atom. The average molecular weight is 514 g/mol. The number of nitrogens with zero attached hydrogens (tertiary/aromatic N) is 1. The van der Waals surface area contributed by atoms with Crippen molar-refractivity contribution in [3.8, 4) is 11.8 Å². The average Bonchev–Trinajstić information content (AvgIpc) is 2.68. The number of fused-ring (bicyclic) bond motifs is 1. The van der Waals surface area contributed by atoms with Crippen LogP contribution in [0.5, 0.6) is 5.75 Å². The highest BCUT2D eigenvalue weighted by atomic mass is 79.9. The summed E-state index contributed by atoms with van der Waals surface area (Å²) in [5, 5.41) is 14.2. The molecular weight excluding hydrogens is 500 g/mol. The van der Waals surface area contributed by atoms with Crippen LogP contribution in [0.15, 0.2) is 69.1 Å². The molecule has 1 amide bonds. The Balaban J connectivity index is 1.86. The normalized spacial score (nSPS) is 11.0. The van der Waals surface area contributed by atoms with Gasteiger partial charge in [-0.15, -0.1) is 0 Å². The van der Waals surface area contributed by atoms with Crippen molar-refractivity contribution in [3.63, 3.8) is 0 Å². The van der Waals surface area contributed by atoms with Gasteiger partial charge in [-0.25, -0.2) is 0 Å². The van der Waals surface area contributed by atoms with E-state index in [0.717, 1.165) is 10.8 Å². The number of hydrogen-bond donors (Lipinski definition) is 1. The van der Waals surface area contributed by atoms with Gasteiger partial charge in [-0.3, -0.25) is 9.59 Å². The molecule has 0 heterocycles. The highest BCUT2D eigenvalue weighted by Gasteiger charge is 2.14. The van der Waals surface area contributed by atoms with E-state index in [2.05, 4.69) is 37.2 Å². The molecule has 29 heavy (non-hydrogen) atoms. The number of benzene rings is 3. The Morgan fingerprint density at radius 1 is 1.03 bits per heavy atom. The summed E-state index contributed by atoms with van der Waals surface area (Å²) in [6, 6.07) is 18.6. The molecule has 144 valence electrons. The summed E-state index contributed by atoms with van der Waals surface area (Å²) in [6.45, 7) is 1.30. The van der Waals surface area contributed by atoms with Crippen LogP contribution in [0.1, 0.15) is 12.5 Å². The molecule has 1 N–H and O–H groups in total. The van der Waals surface area contributed by atoms with Crippen molar-refractivity contribution in [2.75, 3.05) is 5.32 Å². The molecule has 3 aromatic rings. The van der Waals surface area contributed by atoms with Crippen molar-refractivity contribution in [2.45, 2.75) is 6.92 Å². The van der Waals surface area contributed by atoms with Crippen LogP contribution in [-0.4, -0.2) is 11.9 Å². The fraction of sp³-hybridized carbons (Fsp3) is 0.0455. The quantitative estimate of drug-likeness (QED) is 0.206. The minimum Gasteiger partial charge on any atom is -0.424 e. The Hall–Kier alpha value is -2.95. The summed E-state index contributed by atoms with van der Waals surface area (Å²) < 4.78 is 6.15. The summed E-state index contributed by atoms with van der Waals surface area (Å²) in [7, 11) is 0. The van der Waals surface area contributed by atoms with Crippen molar-refractivity contribution in [3.05, 3.63) is 74.7 Å². The zero-order valence-corrected chi connectivity index (χ0v) is 18.4. The number of anilines is 1. The van der Waals surface area contributed by atoms with Gasteiger partial charge < -0.3 is 10.1 Å². The molecule has 0 radical (unpaired) electrons. The first-order valence-electron chi connectivity index (χ1n) is 8.47. The number of hydrogen-bond acceptors (Lipinski definition) is 4. The molecule has 5 nitrogen and oxygen atoms in total. The van der Waals surface area contributed by atoms with Crippen molar-refractivity contribution in [1.82, 2.24) is 0 Å². The number of carbonyl (C=O) groups is 2. The second kappa shape index (κ2) is 9.03.